The number of hydrogen-bond acceptors (Lipinski definition) is 3. The highest BCUT2D eigenvalue weighted by atomic mass is 16.6. The predicted molar refractivity (Wildman–Crippen MR) is 58.6 cm³/mol. The first kappa shape index (κ1) is 10.3. The highest BCUT2D eigenvalue weighted by molar-refractivity contribution is 5.70. The number of ether oxygens (including phenoxy) is 2. The quantitative estimate of drug-likeness (QED) is 0.742. The van der Waals surface area contributed by atoms with E-state index in [0.29, 0.717) is 24.5 Å². The van der Waals surface area contributed by atoms with Crippen LogP contribution in [0.15, 0.2) is 0 Å². The lowest BCUT2D eigenvalue weighted by Crippen LogP contribution is -2.39. The van der Waals surface area contributed by atoms with Gasteiger partial charge in [0.2, 0.25) is 0 Å². The molecular weight excluding hydrogens is 220 g/mol. The Kier molecular flexibility index (Phi) is 1.96. The van der Waals surface area contributed by atoms with E-state index in [9.17, 15) is 9.90 Å². The molecule has 6 unspecified atom stereocenters. The van der Waals surface area contributed by atoms with Crippen molar-refractivity contribution in [2.75, 3.05) is 0 Å². The van der Waals surface area contributed by atoms with E-state index < -0.39 is 5.97 Å². The Hall–Kier alpha value is -0.610. The zero-order valence-electron chi connectivity index (χ0n) is 9.80. The fraction of sp³-hybridized carbons (Fsp3) is 0.923. The Morgan fingerprint density at radius 1 is 1.29 bits per heavy atom. The summed E-state index contributed by atoms with van der Waals surface area (Å²) in [4.78, 5) is 11.2. The number of fused-ring (bicyclic) bond motifs is 2. The molecule has 4 rings (SSSR count). The molecule has 6 atom stereocenters. The van der Waals surface area contributed by atoms with Crippen LogP contribution in [-0.4, -0.2) is 35.0 Å². The van der Waals surface area contributed by atoms with Crippen LogP contribution >= 0.6 is 0 Å². The van der Waals surface area contributed by atoms with E-state index in [0.717, 1.165) is 19.3 Å². The molecule has 2 aliphatic carbocycles. The molecule has 17 heavy (non-hydrogen) atoms. The minimum atomic E-state index is -0.659. The van der Waals surface area contributed by atoms with Crippen molar-refractivity contribution in [2.45, 2.75) is 62.4 Å². The summed E-state index contributed by atoms with van der Waals surface area (Å²) in [6.07, 6.45) is 7.12. The lowest BCUT2D eigenvalue weighted by atomic mass is 9.70. The Labute approximate surface area is 100 Å². The second-order valence-corrected chi connectivity index (χ2v) is 6.06. The first-order chi connectivity index (χ1) is 8.21. The number of carbonyl (C=O) groups is 1. The number of rotatable bonds is 2. The number of hydrogen-bond donors (Lipinski definition) is 1. The molecular formula is C13H18O4. The molecule has 4 aliphatic rings. The Balaban J connectivity index is 1.55. The van der Waals surface area contributed by atoms with Crippen molar-refractivity contribution in [2.24, 2.45) is 11.8 Å². The molecule has 4 fully saturated rings. The van der Waals surface area contributed by atoms with Gasteiger partial charge in [0.15, 0.2) is 0 Å². The summed E-state index contributed by atoms with van der Waals surface area (Å²) >= 11 is 0. The van der Waals surface area contributed by atoms with Crippen LogP contribution in [0.25, 0.3) is 0 Å². The molecule has 2 saturated heterocycles. The van der Waals surface area contributed by atoms with Crippen LogP contribution in [0.3, 0.4) is 0 Å². The van der Waals surface area contributed by atoms with E-state index in [2.05, 4.69) is 0 Å². The summed E-state index contributed by atoms with van der Waals surface area (Å²) in [5.74, 6) is -0.536. The van der Waals surface area contributed by atoms with Crippen molar-refractivity contribution in [3.8, 4) is 0 Å². The summed E-state index contributed by atoms with van der Waals surface area (Å²) in [5.41, 5.74) is 0.00574. The smallest absolute Gasteiger partial charge is 0.306 e. The number of epoxide rings is 2. The number of carboxylic acids is 1. The average Bonchev–Trinajstić information content (AvgIpc) is 3.20. The highest BCUT2D eigenvalue weighted by Crippen LogP contribution is 2.60. The molecule has 0 aromatic carbocycles. The van der Waals surface area contributed by atoms with Gasteiger partial charge in [-0.15, -0.1) is 0 Å². The Bertz CT molecular complexity index is 368. The molecule has 0 radical (unpaired) electrons. The van der Waals surface area contributed by atoms with Crippen LogP contribution in [0.5, 0.6) is 0 Å². The lowest BCUT2D eigenvalue weighted by molar-refractivity contribution is -0.143. The average molecular weight is 238 g/mol. The van der Waals surface area contributed by atoms with Crippen LogP contribution in [0.2, 0.25) is 0 Å². The zero-order valence-corrected chi connectivity index (χ0v) is 9.80. The maximum absolute atomic E-state index is 11.2. The van der Waals surface area contributed by atoms with Crippen LogP contribution in [0, 0.1) is 11.8 Å². The second kappa shape index (κ2) is 3.23. The minimum absolute atomic E-state index is 0.00574. The van der Waals surface area contributed by atoms with Gasteiger partial charge in [0.1, 0.15) is 5.60 Å². The van der Waals surface area contributed by atoms with Gasteiger partial charge in [-0.2, -0.15) is 0 Å². The molecule has 2 heterocycles. The molecule has 0 spiro atoms. The van der Waals surface area contributed by atoms with Gasteiger partial charge in [-0.3, -0.25) is 4.79 Å². The van der Waals surface area contributed by atoms with Gasteiger partial charge < -0.3 is 14.6 Å². The summed E-state index contributed by atoms with van der Waals surface area (Å²) in [6, 6.07) is 0. The molecule has 2 saturated carbocycles. The van der Waals surface area contributed by atoms with Crippen molar-refractivity contribution in [3.05, 3.63) is 0 Å². The van der Waals surface area contributed by atoms with Gasteiger partial charge in [-0.25, -0.2) is 0 Å². The Morgan fingerprint density at radius 3 is 2.94 bits per heavy atom. The van der Waals surface area contributed by atoms with Crippen molar-refractivity contribution < 1.29 is 19.4 Å². The largest absolute Gasteiger partial charge is 0.481 e. The SMILES string of the molecule is O=C(O)C1CC2OC2C(C23CCCCC2O3)C1. The molecule has 4 nitrogen and oxygen atoms in total. The maximum atomic E-state index is 11.2. The van der Waals surface area contributed by atoms with E-state index >= 15 is 0 Å². The van der Waals surface area contributed by atoms with Gasteiger partial charge in [-0.05, 0) is 25.7 Å². The highest BCUT2D eigenvalue weighted by Gasteiger charge is 2.69. The van der Waals surface area contributed by atoms with Gasteiger partial charge in [0.25, 0.3) is 0 Å². The summed E-state index contributed by atoms with van der Waals surface area (Å²) < 4.78 is 11.6. The van der Waals surface area contributed by atoms with Crippen LogP contribution < -0.4 is 0 Å². The van der Waals surface area contributed by atoms with Crippen molar-refractivity contribution in [3.63, 3.8) is 0 Å². The molecule has 0 aromatic heterocycles. The third kappa shape index (κ3) is 1.40. The van der Waals surface area contributed by atoms with E-state index in [-0.39, 0.29) is 17.6 Å². The predicted octanol–water partition coefficient (Wildman–Crippen LogP) is 1.58. The van der Waals surface area contributed by atoms with Crippen molar-refractivity contribution in [1.82, 2.24) is 0 Å². The number of aliphatic carboxylic acids is 1. The minimum Gasteiger partial charge on any atom is -0.481 e. The van der Waals surface area contributed by atoms with E-state index in [1.807, 2.05) is 0 Å². The standard InChI is InChI=1S/C13H18O4/c14-12(15)7-5-8(11-9(6-7)16-11)13-4-2-1-3-10(13)17-13/h7-11H,1-6H2,(H,14,15). The molecule has 2 aliphatic heterocycles. The van der Waals surface area contributed by atoms with Gasteiger partial charge in [-0.1, -0.05) is 12.8 Å². The normalized spacial score (nSPS) is 55.6. The third-order valence-corrected chi connectivity index (χ3v) is 5.18. The summed E-state index contributed by atoms with van der Waals surface area (Å²) in [6.45, 7) is 0. The zero-order chi connectivity index (χ0) is 11.6. The second-order valence-electron chi connectivity index (χ2n) is 6.06. The third-order valence-electron chi connectivity index (χ3n) is 5.18. The van der Waals surface area contributed by atoms with E-state index in [1.54, 1.807) is 0 Å². The fourth-order valence-corrected chi connectivity index (χ4v) is 4.19. The van der Waals surface area contributed by atoms with Gasteiger partial charge in [0, 0.05) is 5.92 Å². The van der Waals surface area contributed by atoms with Crippen molar-refractivity contribution >= 4 is 5.97 Å². The van der Waals surface area contributed by atoms with Gasteiger partial charge >= 0.3 is 5.97 Å². The summed E-state index contributed by atoms with van der Waals surface area (Å²) in [5, 5.41) is 9.19. The van der Waals surface area contributed by atoms with E-state index in [4.69, 9.17) is 9.47 Å². The molecule has 1 N–H and O–H groups in total. The monoisotopic (exact) mass is 238 g/mol. The molecule has 0 aromatic rings. The van der Waals surface area contributed by atoms with Gasteiger partial charge in [0.05, 0.1) is 24.2 Å². The first-order valence-electron chi connectivity index (χ1n) is 6.77. The molecule has 0 amide bonds. The summed E-state index contributed by atoms with van der Waals surface area (Å²) in [7, 11) is 0. The Morgan fingerprint density at radius 2 is 2.18 bits per heavy atom. The van der Waals surface area contributed by atoms with E-state index in [1.165, 1.54) is 12.8 Å². The van der Waals surface area contributed by atoms with Crippen LogP contribution in [0.4, 0.5) is 0 Å². The molecule has 4 heteroatoms. The topological polar surface area (TPSA) is 62.4 Å². The van der Waals surface area contributed by atoms with Crippen molar-refractivity contribution in [1.29, 1.82) is 0 Å². The maximum Gasteiger partial charge on any atom is 0.306 e. The molecule has 0 bridgehead atoms. The van der Waals surface area contributed by atoms with Crippen LogP contribution in [0.1, 0.15) is 38.5 Å². The molecule has 94 valence electrons. The van der Waals surface area contributed by atoms with Crippen LogP contribution in [-0.2, 0) is 14.3 Å². The fourth-order valence-electron chi connectivity index (χ4n) is 4.19. The number of carboxylic acid groups (broad SMARTS) is 1. The lowest BCUT2D eigenvalue weighted by Gasteiger charge is -2.30. The first-order valence-corrected chi connectivity index (χ1v) is 6.77.